The van der Waals surface area contributed by atoms with Gasteiger partial charge in [-0.15, -0.1) is 11.8 Å². The summed E-state index contributed by atoms with van der Waals surface area (Å²) in [6, 6.07) is 7.94. The molecule has 122 valence electrons. The van der Waals surface area contributed by atoms with E-state index in [1.54, 1.807) is 31.8 Å². The molecular weight excluding hydrogens is 327 g/mol. The molecule has 0 unspecified atom stereocenters. The van der Waals surface area contributed by atoms with Gasteiger partial charge in [0.15, 0.2) is 5.75 Å². The Labute approximate surface area is 148 Å². The third-order valence-corrected chi connectivity index (χ3v) is 4.83. The number of ether oxygens (including phenoxy) is 1. The number of hydrogen-bond acceptors (Lipinski definition) is 5. The summed E-state index contributed by atoms with van der Waals surface area (Å²) in [5.74, 6) is 0.302. The molecule has 0 saturated carbocycles. The Kier molecular flexibility index (Phi) is 5.93. The van der Waals surface area contributed by atoms with Crippen LogP contribution in [0.4, 0.5) is 0 Å². The van der Waals surface area contributed by atoms with Crippen LogP contribution in [0.2, 0.25) is 0 Å². The Morgan fingerprint density at radius 2 is 2.00 bits per heavy atom. The van der Waals surface area contributed by atoms with Crippen molar-refractivity contribution in [3.8, 4) is 16.9 Å². The van der Waals surface area contributed by atoms with Crippen LogP contribution in [0.25, 0.3) is 11.1 Å². The summed E-state index contributed by atoms with van der Waals surface area (Å²) in [5.41, 5.74) is 0.532. The average Bonchev–Trinajstić information content (AvgIpc) is 2.51. The molecular formula is C16H21AlN2O3S. The zero-order chi connectivity index (χ0) is 17.0. The SMILES string of the molecule is CSc1ccc(-c2cn[n]([AlH2])c(=O)c2OCCC(C)(C)O)cc1. The zero-order valence-corrected chi connectivity index (χ0v) is 16.7. The van der Waals surface area contributed by atoms with Crippen LogP contribution in [0.1, 0.15) is 20.3 Å². The van der Waals surface area contributed by atoms with Crippen LogP contribution in [0.5, 0.6) is 5.75 Å². The van der Waals surface area contributed by atoms with Crippen molar-refractivity contribution in [2.75, 3.05) is 12.9 Å². The average molecular weight is 348 g/mol. The number of nitrogens with zero attached hydrogens (tertiary/aromatic N) is 2. The predicted molar refractivity (Wildman–Crippen MR) is 96.1 cm³/mol. The van der Waals surface area contributed by atoms with Gasteiger partial charge in [-0.05, 0) is 37.8 Å². The lowest BCUT2D eigenvalue weighted by atomic mass is 10.1. The molecule has 0 aliphatic carbocycles. The maximum Gasteiger partial charge on any atom is 0.404 e. The van der Waals surface area contributed by atoms with Gasteiger partial charge in [0.1, 0.15) is 0 Å². The summed E-state index contributed by atoms with van der Waals surface area (Å²) in [6.45, 7) is 3.71. The standard InChI is InChI=1S/C16H20N2O3S.Al.2H/c1-16(2,20)8-9-21-14-13(10-17-18-15(14)19)11-4-6-12(22-3)7-5-11;;;/h4-7,10,20H,8-9H2,1-3H3,(H,18,19);;;/q;+1;;/p-1. The summed E-state index contributed by atoms with van der Waals surface area (Å²) >= 11 is 2.16. The van der Waals surface area contributed by atoms with E-state index in [0.717, 1.165) is 10.5 Å². The fourth-order valence-electron chi connectivity index (χ4n) is 2.04. The maximum atomic E-state index is 12.4. The molecule has 0 amide bonds. The Morgan fingerprint density at radius 3 is 2.57 bits per heavy atom. The Balaban J connectivity index is 2.35. The maximum absolute atomic E-state index is 12.4. The highest BCUT2D eigenvalue weighted by atomic mass is 32.2. The van der Waals surface area contributed by atoms with E-state index in [0.29, 0.717) is 34.2 Å². The Morgan fingerprint density at radius 1 is 1.35 bits per heavy atom. The number of rotatable bonds is 6. The van der Waals surface area contributed by atoms with E-state index in [9.17, 15) is 9.90 Å². The van der Waals surface area contributed by atoms with Crippen molar-refractivity contribution in [3.05, 3.63) is 40.8 Å². The first-order chi connectivity index (χ1) is 10.8. The summed E-state index contributed by atoms with van der Waals surface area (Å²) < 4.78 is 7.11. The lowest BCUT2D eigenvalue weighted by Crippen LogP contribution is -2.26. The van der Waals surface area contributed by atoms with Gasteiger partial charge < -0.3 is 13.5 Å². The monoisotopic (exact) mass is 348 g/mol. The summed E-state index contributed by atoms with van der Waals surface area (Å²) in [4.78, 5) is 13.5. The van der Waals surface area contributed by atoms with E-state index < -0.39 is 5.60 Å². The van der Waals surface area contributed by atoms with Gasteiger partial charge in [0.05, 0.1) is 18.4 Å². The number of aromatic nitrogens is 2. The van der Waals surface area contributed by atoms with Gasteiger partial charge in [0.25, 0.3) is 5.56 Å². The molecule has 23 heavy (non-hydrogen) atoms. The van der Waals surface area contributed by atoms with Crippen molar-refractivity contribution >= 4 is 28.3 Å². The van der Waals surface area contributed by atoms with Crippen LogP contribution in [-0.4, -0.2) is 48.8 Å². The summed E-state index contributed by atoms with van der Waals surface area (Å²) in [5, 5.41) is 13.9. The van der Waals surface area contributed by atoms with Crippen LogP contribution in [-0.2, 0) is 0 Å². The number of benzene rings is 1. The van der Waals surface area contributed by atoms with Gasteiger partial charge >= 0.3 is 16.5 Å². The first-order valence-corrected chi connectivity index (χ1v) is 9.49. The topological polar surface area (TPSA) is 64.4 Å². The zero-order valence-electron chi connectivity index (χ0n) is 13.9. The molecule has 0 fully saturated rings. The second kappa shape index (κ2) is 7.54. The highest BCUT2D eigenvalue weighted by molar-refractivity contribution is 7.98. The second-order valence-electron chi connectivity index (χ2n) is 5.96. The van der Waals surface area contributed by atoms with E-state index in [-0.39, 0.29) is 12.2 Å². The van der Waals surface area contributed by atoms with Crippen LogP contribution >= 0.6 is 11.8 Å². The molecule has 1 aromatic heterocycles. The van der Waals surface area contributed by atoms with E-state index in [2.05, 4.69) is 5.10 Å². The minimum absolute atomic E-state index is 0.223. The van der Waals surface area contributed by atoms with Gasteiger partial charge in [-0.1, -0.05) is 12.1 Å². The fraction of sp³-hybridized carbons (Fsp3) is 0.375. The van der Waals surface area contributed by atoms with Gasteiger partial charge in [-0.25, -0.2) is 5.10 Å². The third kappa shape index (κ3) is 4.85. The largest absolute Gasteiger partial charge is 0.487 e. The molecule has 0 bridgehead atoms. The predicted octanol–water partition coefficient (Wildman–Crippen LogP) is 1.57. The highest BCUT2D eigenvalue weighted by Gasteiger charge is 2.16. The molecule has 2 rings (SSSR count). The normalized spacial score (nSPS) is 11.5. The summed E-state index contributed by atoms with van der Waals surface area (Å²) in [6.07, 6.45) is 4.13. The minimum Gasteiger partial charge on any atom is -0.487 e. The third-order valence-electron chi connectivity index (χ3n) is 3.45. The van der Waals surface area contributed by atoms with E-state index >= 15 is 0 Å². The molecule has 0 spiro atoms. The smallest absolute Gasteiger partial charge is 0.404 e. The van der Waals surface area contributed by atoms with Crippen LogP contribution in [0.3, 0.4) is 0 Å². The van der Waals surface area contributed by atoms with Gasteiger partial charge in [-0.3, -0.25) is 4.79 Å². The van der Waals surface area contributed by atoms with Crippen molar-refractivity contribution in [2.45, 2.75) is 30.8 Å². The summed E-state index contributed by atoms with van der Waals surface area (Å²) in [7, 11) is 0. The van der Waals surface area contributed by atoms with Crippen LogP contribution in [0, 0.1) is 0 Å². The molecule has 2 aromatic rings. The molecule has 0 aliphatic rings. The molecule has 1 heterocycles. The second-order valence-corrected chi connectivity index (χ2v) is 7.68. The fourth-order valence-corrected chi connectivity index (χ4v) is 2.76. The lowest BCUT2D eigenvalue weighted by molar-refractivity contribution is 0.0551. The van der Waals surface area contributed by atoms with Crippen molar-refractivity contribution < 1.29 is 9.84 Å². The number of aliphatic hydroxyl groups is 1. The molecule has 1 aromatic carbocycles. The molecule has 7 heteroatoms. The Hall–Kier alpha value is -1.26. The quantitative estimate of drug-likeness (QED) is 0.634. The van der Waals surface area contributed by atoms with Crippen molar-refractivity contribution in [1.29, 1.82) is 0 Å². The minimum atomic E-state index is -0.826. The van der Waals surface area contributed by atoms with Crippen LogP contribution in [0.15, 0.2) is 40.2 Å². The molecule has 0 radical (unpaired) electrons. The molecule has 0 saturated heterocycles. The first-order valence-electron chi connectivity index (χ1n) is 7.38. The highest BCUT2D eigenvalue weighted by Crippen LogP contribution is 2.28. The van der Waals surface area contributed by atoms with Crippen LogP contribution < -0.4 is 10.3 Å². The Bertz CT molecular complexity index is 724. The van der Waals surface area contributed by atoms with Crippen molar-refractivity contribution in [1.82, 2.24) is 8.76 Å². The number of thioether (sulfide) groups is 1. The van der Waals surface area contributed by atoms with E-state index in [1.807, 2.05) is 30.5 Å². The van der Waals surface area contributed by atoms with E-state index in [4.69, 9.17) is 4.74 Å². The van der Waals surface area contributed by atoms with Gasteiger partial charge in [0.2, 0.25) is 0 Å². The van der Waals surface area contributed by atoms with Gasteiger partial charge in [0, 0.05) is 16.9 Å². The van der Waals surface area contributed by atoms with Gasteiger partial charge in [-0.2, -0.15) is 0 Å². The van der Waals surface area contributed by atoms with E-state index in [1.165, 1.54) is 3.67 Å². The first kappa shape index (κ1) is 18.1. The molecule has 0 atom stereocenters. The van der Waals surface area contributed by atoms with Crippen molar-refractivity contribution in [3.63, 3.8) is 0 Å². The molecule has 0 aliphatic heterocycles. The van der Waals surface area contributed by atoms with Crippen molar-refractivity contribution in [2.24, 2.45) is 0 Å². The molecule has 5 nitrogen and oxygen atoms in total. The lowest BCUT2D eigenvalue weighted by Gasteiger charge is -2.18. The molecule has 1 N–H and O–H groups in total. The number of hydrogen-bond donors (Lipinski definition) is 1.